The van der Waals surface area contributed by atoms with E-state index in [2.05, 4.69) is 75.8 Å². The number of thiophene rings is 1. The molecule has 1 aromatic heterocycles. The van der Waals surface area contributed by atoms with Gasteiger partial charge < -0.3 is 0 Å². The Balaban J connectivity index is 2.51. The maximum Gasteiger partial charge on any atom is 0.0366 e. The first-order chi connectivity index (χ1) is 7.65. The monoisotopic (exact) mass is 402 g/mol. The molecule has 0 amide bonds. The van der Waals surface area contributed by atoms with E-state index < -0.39 is 0 Å². The maximum absolute atomic E-state index is 3.59. The van der Waals surface area contributed by atoms with Gasteiger partial charge in [-0.15, -0.1) is 11.3 Å². The van der Waals surface area contributed by atoms with Crippen molar-refractivity contribution in [3.05, 3.63) is 43.9 Å². The largest absolute Gasteiger partial charge is 0.135 e. The molecule has 0 spiro atoms. The Hall–Kier alpha value is -0.130. The molecular weight excluding hydrogens is 395 g/mol. The number of benzene rings is 2. The van der Waals surface area contributed by atoms with Crippen LogP contribution in [0.5, 0.6) is 0 Å². The molecule has 0 fully saturated rings. The van der Waals surface area contributed by atoms with Gasteiger partial charge in [0.15, 0.2) is 0 Å². The fourth-order valence-electron chi connectivity index (χ4n) is 1.88. The molecule has 3 heteroatoms. The van der Waals surface area contributed by atoms with E-state index in [1.165, 1.54) is 33.8 Å². The molecule has 0 saturated carbocycles. The predicted molar refractivity (Wildman–Crippen MR) is 84.5 cm³/mol. The van der Waals surface area contributed by atoms with Gasteiger partial charge in [0.1, 0.15) is 0 Å². The summed E-state index contributed by atoms with van der Waals surface area (Å²) in [7, 11) is 0. The summed E-state index contributed by atoms with van der Waals surface area (Å²) in [5.41, 5.74) is 1.30. The Kier molecular flexibility index (Phi) is 2.72. The second-order valence-corrected chi connectivity index (χ2v) is 7.02. The normalized spacial score (nSPS) is 11.4. The highest BCUT2D eigenvalue weighted by Crippen LogP contribution is 2.37. The number of hydrogen-bond acceptors (Lipinski definition) is 1. The second-order valence-electron chi connectivity index (χ2n) is 3.84. The number of hydrogen-bond donors (Lipinski definition) is 0. The second kappa shape index (κ2) is 3.96. The van der Waals surface area contributed by atoms with Crippen LogP contribution in [0.4, 0.5) is 0 Å². The summed E-state index contributed by atoms with van der Waals surface area (Å²) in [4.78, 5) is 0. The van der Waals surface area contributed by atoms with Crippen LogP contribution in [-0.4, -0.2) is 0 Å². The Morgan fingerprint density at radius 2 is 1.81 bits per heavy atom. The van der Waals surface area contributed by atoms with E-state index >= 15 is 0 Å². The van der Waals surface area contributed by atoms with E-state index in [0.717, 1.165) is 0 Å². The van der Waals surface area contributed by atoms with Crippen molar-refractivity contribution in [3.8, 4) is 0 Å². The van der Waals surface area contributed by atoms with Crippen LogP contribution in [-0.2, 0) is 0 Å². The molecule has 2 aromatic carbocycles. The summed E-state index contributed by atoms with van der Waals surface area (Å²) >= 11 is 7.82. The highest BCUT2D eigenvalue weighted by molar-refractivity contribution is 14.1. The van der Waals surface area contributed by atoms with Crippen molar-refractivity contribution in [2.75, 3.05) is 0 Å². The minimum atomic E-state index is 1.20. The fraction of sp³-hybridized carbons (Fsp3) is 0.0769. The lowest BCUT2D eigenvalue weighted by Crippen LogP contribution is -1.74. The summed E-state index contributed by atoms with van der Waals surface area (Å²) < 4.78 is 5.22. The van der Waals surface area contributed by atoms with Crippen LogP contribution < -0.4 is 0 Å². The van der Waals surface area contributed by atoms with Gasteiger partial charge in [-0.1, -0.05) is 22.0 Å². The van der Waals surface area contributed by atoms with Gasteiger partial charge in [0.2, 0.25) is 0 Å². The topological polar surface area (TPSA) is 0 Å². The number of halogens is 2. The summed E-state index contributed by atoms with van der Waals surface area (Å²) in [5, 5.41) is 2.74. The summed E-state index contributed by atoms with van der Waals surface area (Å²) in [6, 6.07) is 11.1. The maximum atomic E-state index is 3.59. The molecular formula is C13H8BrIS. The molecule has 1 heterocycles. The molecule has 0 bridgehead atoms. The van der Waals surface area contributed by atoms with Crippen molar-refractivity contribution in [1.29, 1.82) is 0 Å². The molecule has 0 atom stereocenters. The van der Waals surface area contributed by atoms with E-state index in [0.29, 0.717) is 0 Å². The van der Waals surface area contributed by atoms with Crippen molar-refractivity contribution in [2.45, 2.75) is 6.92 Å². The van der Waals surface area contributed by atoms with Crippen LogP contribution >= 0.6 is 49.9 Å². The molecule has 0 unspecified atom stereocenters. The first-order valence-electron chi connectivity index (χ1n) is 4.93. The first-order valence-corrected chi connectivity index (χ1v) is 7.62. The van der Waals surface area contributed by atoms with Crippen molar-refractivity contribution in [2.24, 2.45) is 0 Å². The van der Waals surface area contributed by atoms with Gasteiger partial charge >= 0.3 is 0 Å². The summed E-state index contributed by atoms with van der Waals surface area (Å²) in [6.07, 6.45) is 0. The minimum Gasteiger partial charge on any atom is -0.135 e. The number of aryl methyl sites for hydroxylation is 1. The Morgan fingerprint density at radius 1 is 1.06 bits per heavy atom. The van der Waals surface area contributed by atoms with E-state index in [1.54, 1.807) is 0 Å². The van der Waals surface area contributed by atoms with Gasteiger partial charge in [0, 0.05) is 28.2 Å². The van der Waals surface area contributed by atoms with Gasteiger partial charge in [-0.25, -0.2) is 0 Å². The smallest absolute Gasteiger partial charge is 0.0366 e. The van der Waals surface area contributed by atoms with Crippen molar-refractivity contribution in [3.63, 3.8) is 0 Å². The quantitative estimate of drug-likeness (QED) is 0.421. The van der Waals surface area contributed by atoms with E-state index in [-0.39, 0.29) is 0 Å². The molecule has 80 valence electrons. The van der Waals surface area contributed by atoms with Crippen LogP contribution in [0, 0.1) is 10.5 Å². The molecule has 0 nitrogen and oxygen atoms in total. The first kappa shape index (κ1) is 11.0. The lowest BCUT2D eigenvalue weighted by Gasteiger charge is -1.98. The molecule has 16 heavy (non-hydrogen) atoms. The van der Waals surface area contributed by atoms with Crippen LogP contribution in [0.2, 0.25) is 0 Å². The van der Waals surface area contributed by atoms with Crippen molar-refractivity contribution >= 4 is 70.0 Å². The van der Waals surface area contributed by atoms with Crippen molar-refractivity contribution in [1.82, 2.24) is 0 Å². The molecule has 0 saturated heterocycles. The van der Waals surface area contributed by atoms with E-state index in [4.69, 9.17) is 0 Å². The lowest BCUT2D eigenvalue weighted by atomic mass is 10.1. The average molecular weight is 403 g/mol. The average Bonchev–Trinajstić information content (AvgIpc) is 2.55. The standard InChI is InChI=1S/C13H8BrIS/c1-7-4-10-9-3-2-8(15)5-12(9)16-13(10)6-11(7)14/h2-6H,1H3. The van der Waals surface area contributed by atoms with Gasteiger partial charge in [-0.05, 0) is 59.3 Å². The third-order valence-electron chi connectivity index (χ3n) is 2.71. The number of fused-ring (bicyclic) bond motifs is 3. The third kappa shape index (κ3) is 1.69. The molecule has 0 aliphatic rings. The molecule has 0 aliphatic carbocycles. The molecule has 0 radical (unpaired) electrons. The molecule has 3 aromatic rings. The van der Waals surface area contributed by atoms with Crippen LogP contribution in [0.3, 0.4) is 0 Å². The zero-order valence-corrected chi connectivity index (χ0v) is 13.1. The SMILES string of the molecule is Cc1cc2c(cc1Br)sc1cc(I)ccc12. The number of rotatable bonds is 0. The van der Waals surface area contributed by atoms with Crippen LogP contribution in [0.15, 0.2) is 34.8 Å². The zero-order chi connectivity index (χ0) is 11.3. The van der Waals surface area contributed by atoms with E-state index in [1.807, 2.05) is 11.3 Å². The summed E-state index contributed by atoms with van der Waals surface area (Å²) in [6.45, 7) is 2.14. The van der Waals surface area contributed by atoms with E-state index in [9.17, 15) is 0 Å². The third-order valence-corrected chi connectivity index (χ3v) is 5.36. The lowest BCUT2D eigenvalue weighted by molar-refractivity contribution is 1.47. The highest BCUT2D eigenvalue weighted by atomic mass is 127. The predicted octanol–water partition coefficient (Wildman–Crippen LogP) is 5.73. The van der Waals surface area contributed by atoms with Crippen molar-refractivity contribution < 1.29 is 0 Å². The molecule has 0 N–H and O–H groups in total. The van der Waals surface area contributed by atoms with Gasteiger partial charge in [-0.2, -0.15) is 0 Å². The minimum absolute atomic E-state index is 1.20. The van der Waals surface area contributed by atoms with Crippen LogP contribution in [0.25, 0.3) is 20.2 Å². The Morgan fingerprint density at radius 3 is 2.62 bits per heavy atom. The Labute approximate surface area is 120 Å². The van der Waals surface area contributed by atoms with Gasteiger partial charge in [-0.3, -0.25) is 0 Å². The van der Waals surface area contributed by atoms with Gasteiger partial charge in [0.05, 0.1) is 0 Å². The Bertz CT molecular complexity index is 700. The molecule has 3 rings (SSSR count). The van der Waals surface area contributed by atoms with Gasteiger partial charge in [0.25, 0.3) is 0 Å². The highest BCUT2D eigenvalue weighted by Gasteiger charge is 2.07. The summed E-state index contributed by atoms with van der Waals surface area (Å²) in [5.74, 6) is 0. The molecule has 0 aliphatic heterocycles. The van der Waals surface area contributed by atoms with Crippen LogP contribution in [0.1, 0.15) is 5.56 Å². The zero-order valence-electron chi connectivity index (χ0n) is 8.55. The fourth-order valence-corrected chi connectivity index (χ4v) is 4.24.